The zero-order valence-corrected chi connectivity index (χ0v) is 19.0. The molecule has 0 saturated carbocycles. The van der Waals surface area contributed by atoms with Crippen molar-refractivity contribution in [2.45, 2.75) is 13.3 Å². The van der Waals surface area contributed by atoms with Crippen LogP contribution in [0.3, 0.4) is 0 Å². The molecule has 5 rings (SSSR count). The van der Waals surface area contributed by atoms with Gasteiger partial charge in [-0.05, 0) is 18.1 Å². The van der Waals surface area contributed by atoms with Gasteiger partial charge in [0.05, 0.1) is 31.7 Å². The van der Waals surface area contributed by atoms with Gasteiger partial charge in [0.25, 0.3) is 0 Å². The molecule has 1 saturated heterocycles. The number of pyridine rings is 1. The molecule has 170 valence electrons. The van der Waals surface area contributed by atoms with Gasteiger partial charge in [-0.15, -0.1) is 0 Å². The van der Waals surface area contributed by atoms with Gasteiger partial charge < -0.3 is 14.4 Å². The highest BCUT2D eigenvalue weighted by atomic mass is 16.5. The number of nitrogens with zero attached hydrogens (tertiary/aromatic N) is 6. The highest BCUT2D eigenvalue weighted by molar-refractivity contribution is 5.63. The van der Waals surface area contributed by atoms with Crippen LogP contribution in [-0.4, -0.2) is 57.5 Å². The Balaban J connectivity index is 1.43. The lowest BCUT2D eigenvalue weighted by Gasteiger charge is -2.29. The van der Waals surface area contributed by atoms with Gasteiger partial charge in [-0.2, -0.15) is 15.2 Å². The van der Waals surface area contributed by atoms with Crippen LogP contribution in [0.1, 0.15) is 11.1 Å². The van der Waals surface area contributed by atoms with Crippen molar-refractivity contribution >= 4 is 5.69 Å². The van der Waals surface area contributed by atoms with Crippen LogP contribution >= 0.6 is 0 Å². The third-order valence-electron chi connectivity index (χ3n) is 5.73. The highest BCUT2D eigenvalue weighted by Gasteiger charge is 2.16. The maximum absolute atomic E-state index is 6.09. The van der Waals surface area contributed by atoms with Crippen LogP contribution in [0.25, 0.3) is 17.1 Å². The van der Waals surface area contributed by atoms with Gasteiger partial charge in [0.1, 0.15) is 0 Å². The zero-order valence-electron chi connectivity index (χ0n) is 19.0. The molecule has 0 atom stereocenters. The standard InChI is InChI=1S/C25H28N6O2/c1-19-17-31(28-25(19)21-6-4-3-5-7-21)23-14-22(30-9-12-32-13-10-30)15-24(27-23)33-11-8-20-16-26-29(2)18-20/h3-7,14-18H,8-13H2,1-2H3. The monoisotopic (exact) mass is 444 g/mol. The van der Waals surface area contributed by atoms with Crippen molar-refractivity contribution in [3.8, 4) is 23.0 Å². The van der Waals surface area contributed by atoms with E-state index in [4.69, 9.17) is 19.6 Å². The summed E-state index contributed by atoms with van der Waals surface area (Å²) in [6, 6.07) is 14.3. The van der Waals surface area contributed by atoms with Gasteiger partial charge in [0, 0.05) is 62.3 Å². The van der Waals surface area contributed by atoms with Crippen LogP contribution in [0.15, 0.2) is 61.1 Å². The van der Waals surface area contributed by atoms with Crippen molar-refractivity contribution in [3.63, 3.8) is 0 Å². The predicted molar refractivity (Wildman–Crippen MR) is 127 cm³/mol. The first kappa shape index (κ1) is 21.2. The van der Waals surface area contributed by atoms with Gasteiger partial charge >= 0.3 is 0 Å². The van der Waals surface area contributed by atoms with Crippen molar-refractivity contribution in [1.29, 1.82) is 0 Å². The van der Waals surface area contributed by atoms with Crippen LogP contribution < -0.4 is 9.64 Å². The molecule has 0 radical (unpaired) electrons. The summed E-state index contributed by atoms with van der Waals surface area (Å²) in [5.74, 6) is 1.33. The molecule has 0 amide bonds. The van der Waals surface area contributed by atoms with Crippen LogP contribution in [0.5, 0.6) is 5.88 Å². The summed E-state index contributed by atoms with van der Waals surface area (Å²) in [5.41, 5.74) is 5.34. The Bertz CT molecular complexity index is 1210. The lowest BCUT2D eigenvalue weighted by Crippen LogP contribution is -2.36. The van der Waals surface area contributed by atoms with Crippen LogP contribution in [0.2, 0.25) is 0 Å². The molecule has 4 heterocycles. The van der Waals surface area contributed by atoms with E-state index in [2.05, 4.69) is 35.1 Å². The Kier molecular flexibility index (Phi) is 6.08. The molecule has 1 aromatic carbocycles. The van der Waals surface area contributed by atoms with Crippen LogP contribution in [0.4, 0.5) is 5.69 Å². The number of aryl methyl sites for hydroxylation is 2. The van der Waals surface area contributed by atoms with E-state index in [1.807, 2.05) is 54.6 Å². The second kappa shape index (κ2) is 9.46. The van der Waals surface area contributed by atoms with E-state index in [9.17, 15) is 0 Å². The smallest absolute Gasteiger partial charge is 0.217 e. The number of benzene rings is 1. The number of aromatic nitrogens is 5. The lowest BCUT2D eigenvalue weighted by atomic mass is 10.1. The third kappa shape index (κ3) is 4.90. The summed E-state index contributed by atoms with van der Waals surface area (Å²) >= 11 is 0. The molecule has 33 heavy (non-hydrogen) atoms. The molecule has 8 heteroatoms. The van der Waals surface area contributed by atoms with E-state index >= 15 is 0 Å². The maximum Gasteiger partial charge on any atom is 0.217 e. The van der Waals surface area contributed by atoms with Gasteiger partial charge in [-0.1, -0.05) is 30.3 Å². The minimum atomic E-state index is 0.526. The van der Waals surface area contributed by atoms with E-state index in [-0.39, 0.29) is 0 Å². The molecule has 0 bridgehead atoms. The van der Waals surface area contributed by atoms with Crippen molar-refractivity contribution in [3.05, 3.63) is 72.2 Å². The zero-order chi connectivity index (χ0) is 22.6. The van der Waals surface area contributed by atoms with Crippen molar-refractivity contribution in [1.82, 2.24) is 24.5 Å². The summed E-state index contributed by atoms with van der Waals surface area (Å²) < 4.78 is 15.3. The molecule has 8 nitrogen and oxygen atoms in total. The Hall–Kier alpha value is -3.65. The molecular weight excluding hydrogens is 416 g/mol. The largest absolute Gasteiger partial charge is 0.477 e. The Morgan fingerprint density at radius 1 is 1.06 bits per heavy atom. The molecule has 0 unspecified atom stereocenters. The summed E-state index contributed by atoms with van der Waals surface area (Å²) in [6.45, 7) is 5.71. The number of rotatable bonds is 7. The van der Waals surface area contributed by atoms with Gasteiger partial charge in [-0.25, -0.2) is 4.68 Å². The first-order valence-corrected chi connectivity index (χ1v) is 11.2. The molecule has 3 aromatic heterocycles. The summed E-state index contributed by atoms with van der Waals surface area (Å²) in [6.07, 6.45) is 6.66. The second-order valence-corrected chi connectivity index (χ2v) is 8.21. The van der Waals surface area contributed by atoms with E-state index in [1.54, 1.807) is 4.68 Å². The van der Waals surface area contributed by atoms with Crippen molar-refractivity contribution in [2.24, 2.45) is 7.05 Å². The van der Waals surface area contributed by atoms with Crippen LogP contribution in [0, 0.1) is 6.92 Å². The lowest BCUT2D eigenvalue weighted by molar-refractivity contribution is 0.122. The number of ether oxygens (including phenoxy) is 2. The van der Waals surface area contributed by atoms with Gasteiger partial charge in [0.15, 0.2) is 5.82 Å². The van der Waals surface area contributed by atoms with Gasteiger partial charge in [-0.3, -0.25) is 4.68 Å². The Morgan fingerprint density at radius 2 is 1.88 bits per heavy atom. The predicted octanol–water partition coefficient (Wildman–Crippen LogP) is 3.43. The fourth-order valence-electron chi connectivity index (χ4n) is 4.01. The second-order valence-electron chi connectivity index (χ2n) is 8.21. The normalized spacial score (nSPS) is 13.9. The molecule has 0 N–H and O–H groups in total. The highest BCUT2D eigenvalue weighted by Crippen LogP contribution is 2.27. The minimum absolute atomic E-state index is 0.526. The quantitative estimate of drug-likeness (QED) is 0.435. The SMILES string of the molecule is Cc1cn(-c2cc(N3CCOCC3)cc(OCCc3cnn(C)c3)n2)nc1-c1ccccc1. The molecule has 1 aliphatic heterocycles. The fourth-order valence-corrected chi connectivity index (χ4v) is 4.01. The summed E-state index contributed by atoms with van der Waals surface area (Å²) in [7, 11) is 1.92. The molecule has 4 aromatic rings. The summed E-state index contributed by atoms with van der Waals surface area (Å²) in [4.78, 5) is 7.09. The molecule has 1 fully saturated rings. The third-order valence-corrected chi connectivity index (χ3v) is 5.73. The fraction of sp³-hybridized carbons (Fsp3) is 0.320. The van der Waals surface area contributed by atoms with E-state index in [1.165, 1.54) is 0 Å². The topological polar surface area (TPSA) is 70.2 Å². The van der Waals surface area contributed by atoms with Crippen LogP contribution in [-0.2, 0) is 18.2 Å². The first-order valence-electron chi connectivity index (χ1n) is 11.2. The van der Waals surface area contributed by atoms with Gasteiger partial charge in [0.2, 0.25) is 5.88 Å². The Labute approximate surface area is 193 Å². The molecule has 0 spiro atoms. The molecular formula is C25H28N6O2. The number of hydrogen-bond acceptors (Lipinski definition) is 6. The minimum Gasteiger partial charge on any atom is -0.477 e. The molecule has 0 aliphatic carbocycles. The average Bonchev–Trinajstić information content (AvgIpc) is 3.45. The first-order chi connectivity index (χ1) is 16.2. The number of anilines is 1. The average molecular weight is 445 g/mol. The summed E-state index contributed by atoms with van der Waals surface area (Å²) in [5, 5.41) is 9.07. The number of hydrogen-bond donors (Lipinski definition) is 0. The van der Waals surface area contributed by atoms with E-state index in [0.29, 0.717) is 25.7 Å². The Morgan fingerprint density at radius 3 is 2.64 bits per heavy atom. The van der Waals surface area contributed by atoms with Crippen molar-refractivity contribution in [2.75, 3.05) is 37.8 Å². The van der Waals surface area contributed by atoms with E-state index < -0.39 is 0 Å². The van der Waals surface area contributed by atoms with E-state index in [0.717, 1.165) is 53.4 Å². The maximum atomic E-state index is 6.09. The molecule has 1 aliphatic rings. The number of morpholine rings is 1. The van der Waals surface area contributed by atoms with Crippen molar-refractivity contribution < 1.29 is 9.47 Å².